The van der Waals surface area contributed by atoms with Crippen LogP contribution in [0.25, 0.3) is 17.2 Å². The van der Waals surface area contributed by atoms with Crippen molar-refractivity contribution in [2.24, 2.45) is 5.73 Å². The molecule has 1 aliphatic carbocycles. The van der Waals surface area contributed by atoms with Crippen molar-refractivity contribution in [1.82, 2.24) is 5.32 Å². The van der Waals surface area contributed by atoms with Gasteiger partial charge in [0.2, 0.25) is 0 Å². The van der Waals surface area contributed by atoms with E-state index in [2.05, 4.69) is 41.7 Å². The molecule has 3 aromatic carbocycles. The topological polar surface area (TPSA) is 82.8 Å². The minimum absolute atomic E-state index is 0.00606. The van der Waals surface area contributed by atoms with Crippen molar-refractivity contribution < 1.29 is 18.8 Å². The molecule has 1 aliphatic heterocycles. The predicted molar refractivity (Wildman–Crippen MR) is 156 cm³/mol. The molecule has 0 radical (unpaired) electrons. The van der Waals surface area contributed by atoms with Gasteiger partial charge in [0.1, 0.15) is 6.61 Å². The van der Waals surface area contributed by atoms with E-state index in [4.69, 9.17) is 19.8 Å². The Kier molecular flexibility index (Phi) is 7.67. The zero-order chi connectivity index (χ0) is 27.6. The van der Waals surface area contributed by atoms with Crippen molar-refractivity contribution in [2.75, 3.05) is 19.7 Å². The third-order valence-corrected chi connectivity index (χ3v) is 8.07. The van der Waals surface area contributed by atoms with E-state index in [0.29, 0.717) is 6.54 Å². The van der Waals surface area contributed by atoms with Crippen molar-refractivity contribution >= 4 is 19.3 Å². The van der Waals surface area contributed by atoms with Crippen LogP contribution in [-0.4, -0.2) is 44.1 Å². The fourth-order valence-electron chi connectivity index (χ4n) is 5.24. The van der Waals surface area contributed by atoms with Crippen molar-refractivity contribution in [3.05, 3.63) is 101 Å². The Balaban J connectivity index is 1.30. The first-order chi connectivity index (χ1) is 18.7. The predicted octanol–water partition coefficient (Wildman–Crippen LogP) is 5.74. The van der Waals surface area contributed by atoms with Crippen molar-refractivity contribution in [2.45, 2.75) is 51.2 Å². The Bertz CT molecular complexity index is 1320. The number of benzene rings is 3. The summed E-state index contributed by atoms with van der Waals surface area (Å²) < 4.78 is 18.4. The highest BCUT2D eigenvalue weighted by Crippen LogP contribution is 2.44. The van der Waals surface area contributed by atoms with Gasteiger partial charge >= 0.3 is 13.2 Å². The normalized spacial score (nSPS) is 17.6. The number of nitrogens with one attached hydrogen (secondary N) is 1. The van der Waals surface area contributed by atoms with Crippen LogP contribution in [0.2, 0.25) is 0 Å². The number of fused-ring (bicyclic) bond motifs is 3. The summed E-state index contributed by atoms with van der Waals surface area (Å²) in [6, 6.07) is 24.8. The standard InChI is InChI=1S/C32H37BN2O4/c1-31(2)32(3,4)39-33(38-31)24(19-23-11-9-10-22(18-23)16-17-34)20-35-30(36)37-21-29-27-14-7-5-12-25(27)26-13-6-8-15-28(26)29/h5-15,18-19,29H,16-17,20-21,34H2,1-4H3,(H,35,36). The molecule has 7 heteroatoms. The molecule has 1 saturated heterocycles. The lowest BCUT2D eigenvalue weighted by Crippen LogP contribution is -2.41. The fraction of sp³-hybridized carbons (Fsp3) is 0.344. The number of carbonyl (C=O) groups is 1. The number of rotatable bonds is 8. The van der Waals surface area contributed by atoms with Gasteiger partial charge in [0.05, 0.1) is 11.2 Å². The largest absolute Gasteiger partial charge is 0.492 e. The zero-order valence-corrected chi connectivity index (χ0v) is 23.2. The summed E-state index contributed by atoms with van der Waals surface area (Å²) in [7, 11) is -0.595. The van der Waals surface area contributed by atoms with Gasteiger partial charge in [0.25, 0.3) is 0 Å². The molecule has 3 aromatic rings. The monoisotopic (exact) mass is 524 g/mol. The van der Waals surface area contributed by atoms with E-state index in [1.807, 2.05) is 70.2 Å². The number of carbonyl (C=O) groups excluding carboxylic acids is 1. The number of hydrogen-bond acceptors (Lipinski definition) is 5. The molecule has 0 saturated carbocycles. The molecule has 6 nitrogen and oxygen atoms in total. The maximum absolute atomic E-state index is 12.9. The number of amides is 1. The smallest absolute Gasteiger partial charge is 0.449 e. The first-order valence-electron chi connectivity index (χ1n) is 13.6. The summed E-state index contributed by atoms with van der Waals surface area (Å²) in [5.41, 5.74) is 12.5. The molecule has 1 amide bonds. The van der Waals surface area contributed by atoms with E-state index in [1.165, 1.54) is 22.3 Å². The number of hydrogen-bond donors (Lipinski definition) is 2. The number of ether oxygens (including phenoxy) is 1. The van der Waals surface area contributed by atoms with Crippen LogP contribution in [0.1, 0.15) is 55.9 Å². The highest BCUT2D eigenvalue weighted by atomic mass is 16.7. The quantitative estimate of drug-likeness (QED) is 0.367. The second-order valence-corrected chi connectivity index (χ2v) is 11.3. The summed E-state index contributed by atoms with van der Waals surface area (Å²) in [5, 5.41) is 2.94. The van der Waals surface area contributed by atoms with Gasteiger partial charge in [0.15, 0.2) is 0 Å². The van der Waals surface area contributed by atoms with Gasteiger partial charge in [0, 0.05) is 12.5 Å². The van der Waals surface area contributed by atoms with Gasteiger partial charge in [-0.15, -0.1) is 0 Å². The molecule has 202 valence electrons. The average molecular weight is 524 g/mol. The SMILES string of the molecule is CC1(C)OB(C(=Cc2cccc(CCN)c2)CNC(=O)OCC2c3ccccc3-c3ccccc32)OC1(C)C. The second kappa shape index (κ2) is 11.0. The average Bonchev–Trinajstić information content (AvgIpc) is 3.34. The molecule has 3 N–H and O–H groups in total. The second-order valence-electron chi connectivity index (χ2n) is 11.3. The Hall–Kier alpha value is -3.39. The molecule has 2 aliphatic rings. The molecule has 39 heavy (non-hydrogen) atoms. The minimum atomic E-state index is -0.595. The van der Waals surface area contributed by atoms with Crippen LogP contribution in [0.3, 0.4) is 0 Å². The highest BCUT2D eigenvalue weighted by Gasteiger charge is 2.52. The minimum Gasteiger partial charge on any atom is -0.449 e. The van der Waals surface area contributed by atoms with Crippen LogP contribution in [-0.2, 0) is 20.5 Å². The van der Waals surface area contributed by atoms with E-state index in [9.17, 15) is 4.79 Å². The van der Waals surface area contributed by atoms with Crippen LogP contribution < -0.4 is 11.1 Å². The number of alkyl carbamates (subject to hydrolysis) is 1. The molecule has 0 spiro atoms. The zero-order valence-electron chi connectivity index (χ0n) is 23.2. The summed E-state index contributed by atoms with van der Waals surface area (Å²) in [6.45, 7) is 9.15. The molecular formula is C32H37BN2O4. The lowest BCUT2D eigenvalue weighted by molar-refractivity contribution is 0.00578. The summed E-state index contributed by atoms with van der Waals surface area (Å²) in [6.07, 6.45) is 2.34. The summed E-state index contributed by atoms with van der Waals surface area (Å²) >= 11 is 0. The van der Waals surface area contributed by atoms with Crippen LogP contribution in [0.4, 0.5) is 4.79 Å². The van der Waals surface area contributed by atoms with Gasteiger partial charge in [-0.2, -0.15) is 0 Å². The molecule has 1 fully saturated rings. The molecule has 1 heterocycles. The first-order valence-corrected chi connectivity index (χ1v) is 13.6. The maximum Gasteiger partial charge on any atom is 0.492 e. The maximum atomic E-state index is 12.9. The first kappa shape index (κ1) is 27.2. The molecular weight excluding hydrogens is 487 g/mol. The van der Waals surface area contributed by atoms with E-state index in [0.717, 1.165) is 23.0 Å². The Morgan fingerprint density at radius 1 is 0.949 bits per heavy atom. The molecule has 5 rings (SSSR count). The summed E-state index contributed by atoms with van der Waals surface area (Å²) in [4.78, 5) is 12.9. The van der Waals surface area contributed by atoms with Gasteiger partial charge in [-0.3, -0.25) is 0 Å². The molecule has 0 aromatic heterocycles. The lowest BCUT2D eigenvalue weighted by atomic mass is 9.77. The van der Waals surface area contributed by atoms with E-state index in [-0.39, 0.29) is 19.1 Å². The van der Waals surface area contributed by atoms with E-state index < -0.39 is 24.4 Å². The summed E-state index contributed by atoms with van der Waals surface area (Å²) in [5.74, 6) is 0.00606. The Morgan fingerprint density at radius 3 is 2.18 bits per heavy atom. The molecule has 0 atom stereocenters. The Labute approximate surface area is 231 Å². The third-order valence-electron chi connectivity index (χ3n) is 8.07. The molecule has 0 bridgehead atoms. The van der Waals surface area contributed by atoms with Crippen molar-refractivity contribution in [3.8, 4) is 11.1 Å². The van der Waals surface area contributed by atoms with Crippen molar-refractivity contribution in [3.63, 3.8) is 0 Å². The van der Waals surface area contributed by atoms with Crippen molar-refractivity contribution in [1.29, 1.82) is 0 Å². The lowest BCUT2D eigenvalue weighted by Gasteiger charge is -2.32. The fourth-order valence-corrected chi connectivity index (χ4v) is 5.24. The highest BCUT2D eigenvalue weighted by molar-refractivity contribution is 6.56. The van der Waals surface area contributed by atoms with Crippen LogP contribution in [0.5, 0.6) is 0 Å². The van der Waals surface area contributed by atoms with E-state index >= 15 is 0 Å². The van der Waals surface area contributed by atoms with Gasteiger partial charge in [-0.25, -0.2) is 4.79 Å². The van der Waals surface area contributed by atoms with Crippen LogP contribution in [0.15, 0.2) is 78.3 Å². The van der Waals surface area contributed by atoms with E-state index in [1.54, 1.807) is 0 Å². The van der Waals surface area contributed by atoms with Crippen LogP contribution >= 0.6 is 0 Å². The van der Waals surface area contributed by atoms with Gasteiger partial charge in [-0.05, 0) is 79.5 Å². The third kappa shape index (κ3) is 5.67. The molecule has 0 unspecified atom stereocenters. The van der Waals surface area contributed by atoms with Gasteiger partial charge < -0.3 is 25.1 Å². The van der Waals surface area contributed by atoms with Gasteiger partial charge in [-0.1, -0.05) is 78.9 Å². The Morgan fingerprint density at radius 2 is 1.56 bits per heavy atom. The number of nitrogens with two attached hydrogens (primary N) is 1. The van der Waals surface area contributed by atoms with Crippen LogP contribution in [0, 0.1) is 0 Å².